The first-order valence-electron chi connectivity index (χ1n) is 5.88. The summed E-state index contributed by atoms with van der Waals surface area (Å²) in [6, 6.07) is 0. The molecule has 1 heterocycles. The fraction of sp³-hybridized carbons (Fsp3) is 1.00. The fourth-order valence-electron chi connectivity index (χ4n) is 1.97. The van der Waals surface area contributed by atoms with E-state index in [2.05, 4.69) is 0 Å². The molecule has 1 saturated heterocycles. The summed E-state index contributed by atoms with van der Waals surface area (Å²) in [5, 5.41) is 0. The largest absolute Gasteiger partial charge is 0.391 e. The maximum Gasteiger partial charge on any atom is 0.391 e. The second kappa shape index (κ2) is 6.43. The zero-order chi connectivity index (χ0) is 13.8. The van der Waals surface area contributed by atoms with Crippen molar-refractivity contribution in [3.05, 3.63) is 0 Å². The van der Waals surface area contributed by atoms with E-state index in [9.17, 15) is 21.6 Å². The highest BCUT2D eigenvalue weighted by atomic mass is 35.5. The first kappa shape index (κ1) is 16.0. The molecule has 0 radical (unpaired) electrons. The molecule has 0 atom stereocenters. The Bertz CT molecular complexity index is 351. The Hall–Kier alpha value is -0.0100. The SMILES string of the molecule is O=S(=O)(CCCCCl)N1CCC(C(F)(F)F)CC1. The molecule has 0 aromatic carbocycles. The monoisotopic (exact) mass is 307 g/mol. The van der Waals surface area contributed by atoms with E-state index < -0.39 is 22.1 Å². The summed E-state index contributed by atoms with van der Waals surface area (Å²) in [5.41, 5.74) is 0. The van der Waals surface area contributed by atoms with Gasteiger partial charge in [-0.3, -0.25) is 0 Å². The average molecular weight is 308 g/mol. The standard InChI is InChI=1S/C10H17ClF3NO2S/c11-5-1-2-8-18(16,17)15-6-3-9(4-7-15)10(12,13)14/h9H,1-8H2. The molecule has 0 aromatic rings. The maximum absolute atomic E-state index is 12.4. The van der Waals surface area contributed by atoms with Crippen molar-refractivity contribution in [3.8, 4) is 0 Å². The Balaban J connectivity index is 2.47. The quantitative estimate of drug-likeness (QED) is 0.578. The molecule has 18 heavy (non-hydrogen) atoms. The highest BCUT2D eigenvalue weighted by Gasteiger charge is 2.42. The molecule has 0 saturated carbocycles. The van der Waals surface area contributed by atoms with Crippen molar-refractivity contribution in [3.63, 3.8) is 0 Å². The molecule has 108 valence electrons. The maximum atomic E-state index is 12.4. The molecule has 0 amide bonds. The minimum atomic E-state index is -4.21. The first-order valence-corrected chi connectivity index (χ1v) is 8.02. The zero-order valence-corrected chi connectivity index (χ0v) is 11.5. The van der Waals surface area contributed by atoms with Gasteiger partial charge in [-0.15, -0.1) is 11.6 Å². The summed E-state index contributed by atoms with van der Waals surface area (Å²) in [6.07, 6.45) is -3.45. The smallest absolute Gasteiger partial charge is 0.212 e. The van der Waals surface area contributed by atoms with Gasteiger partial charge in [0.15, 0.2) is 0 Å². The summed E-state index contributed by atoms with van der Waals surface area (Å²) in [5.74, 6) is -1.01. The fourth-order valence-corrected chi connectivity index (χ4v) is 3.75. The van der Waals surface area contributed by atoms with Crippen LogP contribution in [0.15, 0.2) is 0 Å². The van der Waals surface area contributed by atoms with E-state index in [4.69, 9.17) is 11.6 Å². The molecule has 0 aromatic heterocycles. The molecule has 1 aliphatic heterocycles. The lowest BCUT2D eigenvalue weighted by molar-refractivity contribution is -0.182. The lowest BCUT2D eigenvalue weighted by atomic mass is 9.98. The Labute approximate surface area is 110 Å². The van der Waals surface area contributed by atoms with E-state index in [1.165, 1.54) is 4.31 Å². The van der Waals surface area contributed by atoms with Crippen molar-refractivity contribution in [2.45, 2.75) is 31.9 Å². The minimum absolute atomic E-state index is 0.0313. The highest BCUT2D eigenvalue weighted by molar-refractivity contribution is 7.89. The van der Waals surface area contributed by atoms with Crippen molar-refractivity contribution in [2.24, 2.45) is 5.92 Å². The van der Waals surface area contributed by atoms with E-state index in [1.54, 1.807) is 0 Å². The normalized spacial score (nSPS) is 20.2. The number of piperidine rings is 1. The minimum Gasteiger partial charge on any atom is -0.212 e. The van der Waals surface area contributed by atoms with Gasteiger partial charge >= 0.3 is 6.18 Å². The van der Waals surface area contributed by atoms with Crippen LogP contribution in [0.25, 0.3) is 0 Å². The van der Waals surface area contributed by atoms with Crippen molar-refractivity contribution < 1.29 is 21.6 Å². The highest BCUT2D eigenvalue weighted by Crippen LogP contribution is 2.34. The number of unbranched alkanes of at least 4 members (excludes halogenated alkanes) is 1. The lowest BCUT2D eigenvalue weighted by Gasteiger charge is -2.32. The number of rotatable bonds is 5. The third kappa shape index (κ3) is 4.59. The van der Waals surface area contributed by atoms with Crippen LogP contribution in [0, 0.1) is 5.92 Å². The molecule has 0 unspecified atom stereocenters. The molecule has 0 N–H and O–H groups in total. The van der Waals surface area contributed by atoms with Crippen LogP contribution in [0.1, 0.15) is 25.7 Å². The second-order valence-electron chi connectivity index (χ2n) is 4.43. The Kier molecular flexibility index (Phi) is 5.73. The van der Waals surface area contributed by atoms with Crippen molar-refractivity contribution in [2.75, 3.05) is 24.7 Å². The van der Waals surface area contributed by atoms with Gasteiger partial charge in [-0.25, -0.2) is 12.7 Å². The third-order valence-electron chi connectivity index (χ3n) is 3.10. The van der Waals surface area contributed by atoms with Crippen LogP contribution in [0.5, 0.6) is 0 Å². The van der Waals surface area contributed by atoms with E-state index in [0.29, 0.717) is 18.7 Å². The van der Waals surface area contributed by atoms with Crippen molar-refractivity contribution in [1.82, 2.24) is 4.31 Å². The summed E-state index contributed by atoms with van der Waals surface area (Å²) < 4.78 is 62.1. The van der Waals surface area contributed by atoms with E-state index >= 15 is 0 Å². The van der Waals surface area contributed by atoms with Gasteiger partial charge < -0.3 is 0 Å². The van der Waals surface area contributed by atoms with Crippen molar-refractivity contribution >= 4 is 21.6 Å². The van der Waals surface area contributed by atoms with E-state index in [1.807, 2.05) is 0 Å². The Morgan fingerprint density at radius 3 is 2.17 bits per heavy atom. The number of alkyl halides is 4. The van der Waals surface area contributed by atoms with Gasteiger partial charge in [0.05, 0.1) is 11.7 Å². The zero-order valence-electron chi connectivity index (χ0n) is 9.92. The first-order chi connectivity index (χ1) is 8.27. The average Bonchev–Trinajstić information content (AvgIpc) is 2.28. The van der Waals surface area contributed by atoms with Gasteiger partial charge in [-0.05, 0) is 25.7 Å². The molecule has 0 bridgehead atoms. The van der Waals surface area contributed by atoms with Crippen LogP contribution < -0.4 is 0 Å². The lowest BCUT2D eigenvalue weighted by Crippen LogP contribution is -2.42. The molecular weight excluding hydrogens is 291 g/mol. The Morgan fingerprint density at radius 1 is 1.17 bits per heavy atom. The molecule has 1 rings (SSSR count). The van der Waals surface area contributed by atoms with E-state index in [-0.39, 0.29) is 31.7 Å². The van der Waals surface area contributed by atoms with Gasteiger partial charge in [0.1, 0.15) is 0 Å². The summed E-state index contributed by atoms with van der Waals surface area (Å²) in [6.45, 7) is -0.0687. The number of hydrogen-bond donors (Lipinski definition) is 0. The second-order valence-corrected chi connectivity index (χ2v) is 6.89. The molecule has 8 heteroatoms. The predicted octanol–water partition coefficient (Wildman–Crippen LogP) is 2.61. The molecule has 0 aliphatic carbocycles. The van der Waals surface area contributed by atoms with Crippen LogP contribution in [0.2, 0.25) is 0 Å². The third-order valence-corrected chi connectivity index (χ3v) is 5.32. The topological polar surface area (TPSA) is 37.4 Å². The number of nitrogens with zero attached hydrogens (tertiary/aromatic N) is 1. The van der Waals surface area contributed by atoms with E-state index in [0.717, 1.165) is 0 Å². The molecular formula is C10H17ClF3NO2S. The molecule has 3 nitrogen and oxygen atoms in total. The summed E-state index contributed by atoms with van der Waals surface area (Å²) in [7, 11) is -3.42. The molecule has 1 fully saturated rings. The number of halogens is 4. The van der Waals surface area contributed by atoms with Crippen LogP contribution in [0.4, 0.5) is 13.2 Å². The van der Waals surface area contributed by atoms with Gasteiger partial charge in [0.2, 0.25) is 10.0 Å². The van der Waals surface area contributed by atoms with Gasteiger partial charge in [-0.2, -0.15) is 13.2 Å². The van der Waals surface area contributed by atoms with Gasteiger partial charge in [-0.1, -0.05) is 0 Å². The summed E-state index contributed by atoms with van der Waals surface area (Å²) in [4.78, 5) is 0. The van der Waals surface area contributed by atoms with Gasteiger partial charge in [0, 0.05) is 19.0 Å². The van der Waals surface area contributed by atoms with Crippen molar-refractivity contribution in [1.29, 1.82) is 0 Å². The number of hydrogen-bond acceptors (Lipinski definition) is 2. The van der Waals surface area contributed by atoms with Crippen LogP contribution >= 0.6 is 11.6 Å². The number of sulfonamides is 1. The molecule has 0 spiro atoms. The summed E-state index contributed by atoms with van der Waals surface area (Å²) >= 11 is 5.45. The van der Waals surface area contributed by atoms with Crippen LogP contribution in [0.3, 0.4) is 0 Å². The van der Waals surface area contributed by atoms with Crippen LogP contribution in [-0.2, 0) is 10.0 Å². The van der Waals surface area contributed by atoms with Crippen LogP contribution in [-0.4, -0.2) is 43.6 Å². The van der Waals surface area contributed by atoms with Gasteiger partial charge in [0.25, 0.3) is 0 Å². The Morgan fingerprint density at radius 2 is 1.72 bits per heavy atom. The molecule has 1 aliphatic rings. The predicted molar refractivity (Wildman–Crippen MR) is 64.1 cm³/mol.